The van der Waals surface area contributed by atoms with Crippen LogP contribution in [0.4, 0.5) is 0 Å². The van der Waals surface area contributed by atoms with Gasteiger partial charge in [0.25, 0.3) is 5.91 Å². The minimum absolute atomic E-state index is 0.00969. The fraction of sp³-hybridized carbons (Fsp3) is 0.395. The van der Waals surface area contributed by atoms with Crippen LogP contribution in [0.15, 0.2) is 89.1 Å². The number of nitrogens with zero attached hydrogens (tertiary/aromatic N) is 3. The number of hydrogen-bond acceptors (Lipinski definition) is 8. The lowest BCUT2D eigenvalue weighted by atomic mass is 9.87. The molecule has 9 nitrogen and oxygen atoms in total. The molecule has 1 aromatic heterocycles. The van der Waals surface area contributed by atoms with Crippen molar-refractivity contribution in [3.8, 4) is 5.75 Å². The normalized spacial score (nSPS) is 16.2. The smallest absolute Gasteiger partial charge is 0.254 e. The fourth-order valence-electron chi connectivity index (χ4n) is 6.33. The van der Waals surface area contributed by atoms with Crippen LogP contribution in [0.2, 0.25) is 0 Å². The summed E-state index contributed by atoms with van der Waals surface area (Å²) in [6.45, 7) is 6.43. The van der Waals surface area contributed by atoms with Crippen molar-refractivity contribution < 1.29 is 27.9 Å². The molecule has 260 valence electrons. The van der Waals surface area contributed by atoms with Gasteiger partial charge in [-0.25, -0.2) is 13.4 Å². The van der Waals surface area contributed by atoms with Crippen molar-refractivity contribution in [1.82, 2.24) is 14.2 Å². The van der Waals surface area contributed by atoms with Crippen LogP contribution < -0.4 is 4.74 Å². The number of likely N-dealkylation sites (tertiary alicyclic amines) is 1. The number of ketones is 1. The van der Waals surface area contributed by atoms with Gasteiger partial charge in [0.1, 0.15) is 10.8 Å². The number of carbonyl (C=O) groups is 2. The number of benzene rings is 3. The molecule has 1 aliphatic rings. The summed E-state index contributed by atoms with van der Waals surface area (Å²) >= 11 is 1.56. The third-order valence-corrected chi connectivity index (χ3v) is 11.8. The number of methoxy groups -OCH3 is 1. The number of aliphatic hydroxyl groups is 1. The van der Waals surface area contributed by atoms with Gasteiger partial charge in [0.2, 0.25) is 10.0 Å². The number of aliphatic hydroxyl groups excluding tert-OH is 1. The van der Waals surface area contributed by atoms with E-state index in [2.05, 4.69) is 4.98 Å². The summed E-state index contributed by atoms with van der Waals surface area (Å²) in [4.78, 5) is 34.2. The van der Waals surface area contributed by atoms with E-state index < -0.39 is 22.0 Å². The second-order valence-corrected chi connectivity index (χ2v) is 15.9. The van der Waals surface area contributed by atoms with E-state index in [1.807, 2.05) is 61.4 Å². The maximum Gasteiger partial charge on any atom is 0.254 e. The lowest BCUT2D eigenvalue weighted by Crippen LogP contribution is -2.43. The zero-order valence-electron chi connectivity index (χ0n) is 28.5. The van der Waals surface area contributed by atoms with Crippen molar-refractivity contribution in [2.45, 2.75) is 63.5 Å². The Balaban J connectivity index is 1.37. The largest absolute Gasteiger partial charge is 0.497 e. The van der Waals surface area contributed by atoms with Gasteiger partial charge < -0.3 is 14.7 Å². The van der Waals surface area contributed by atoms with Crippen molar-refractivity contribution in [3.63, 3.8) is 0 Å². The molecule has 49 heavy (non-hydrogen) atoms. The quantitative estimate of drug-likeness (QED) is 0.139. The van der Waals surface area contributed by atoms with Crippen molar-refractivity contribution in [2.24, 2.45) is 11.8 Å². The number of thiazole rings is 1. The van der Waals surface area contributed by atoms with Gasteiger partial charge in [-0.15, -0.1) is 11.3 Å². The molecule has 1 aliphatic heterocycles. The molecule has 0 aliphatic carbocycles. The number of ether oxygens (including phenoxy) is 1. The van der Waals surface area contributed by atoms with E-state index in [0.29, 0.717) is 29.8 Å². The zero-order valence-corrected chi connectivity index (χ0v) is 30.1. The Kier molecular flexibility index (Phi) is 12.0. The molecule has 4 aromatic rings. The molecule has 11 heteroatoms. The van der Waals surface area contributed by atoms with Gasteiger partial charge in [-0.3, -0.25) is 9.59 Å². The van der Waals surface area contributed by atoms with Crippen molar-refractivity contribution >= 4 is 33.1 Å². The van der Waals surface area contributed by atoms with E-state index >= 15 is 0 Å². The molecule has 2 heterocycles. The lowest BCUT2D eigenvalue weighted by Gasteiger charge is -2.30. The number of aromatic nitrogens is 1. The molecular weight excluding hydrogens is 659 g/mol. The highest BCUT2D eigenvalue weighted by Crippen LogP contribution is 2.35. The van der Waals surface area contributed by atoms with Crippen molar-refractivity contribution in [1.29, 1.82) is 0 Å². The topological polar surface area (TPSA) is 117 Å². The van der Waals surface area contributed by atoms with Gasteiger partial charge in [-0.05, 0) is 80.0 Å². The Morgan fingerprint density at radius 3 is 2.39 bits per heavy atom. The van der Waals surface area contributed by atoms with E-state index in [4.69, 9.17) is 4.74 Å². The molecule has 1 fully saturated rings. The van der Waals surface area contributed by atoms with Gasteiger partial charge in [-0.2, -0.15) is 4.31 Å². The summed E-state index contributed by atoms with van der Waals surface area (Å²) < 4.78 is 34.1. The number of carbonyl (C=O) groups excluding carboxylic acids is 2. The van der Waals surface area contributed by atoms with Crippen LogP contribution in [-0.4, -0.2) is 72.3 Å². The van der Waals surface area contributed by atoms with Gasteiger partial charge in [-0.1, -0.05) is 56.3 Å². The molecule has 0 spiro atoms. The molecule has 3 aromatic carbocycles. The van der Waals surface area contributed by atoms with E-state index in [-0.39, 0.29) is 48.1 Å². The summed E-state index contributed by atoms with van der Waals surface area (Å²) in [6.07, 6.45) is 0.921. The second kappa shape index (κ2) is 16.2. The van der Waals surface area contributed by atoms with Gasteiger partial charge >= 0.3 is 0 Å². The predicted molar refractivity (Wildman–Crippen MR) is 191 cm³/mol. The summed E-state index contributed by atoms with van der Waals surface area (Å²) in [5.74, 6) is -0.428. The molecular formula is C38H45N3O6S2. The Morgan fingerprint density at radius 1 is 1.02 bits per heavy atom. The third-order valence-electron chi connectivity index (χ3n) is 8.86. The third kappa shape index (κ3) is 9.02. The summed E-state index contributed by atoms with van der Waals surface area (Å²) in [6, 6.07) is 22.4. The monoisotopic (exact) mass is 703 g/mol. The van der Waals surface area contributed by atoms with Crippen LogP contribution in [0.25, 0.3) is 0 Å². The van der Waals surface area contributed by atoms with Crippen LogP contribution in [-0.2, 0) is 16.4 Å². The van der Waals surface area contributed by atoms with Crippen molar-refractivity contribution in [2.75, 3.05) is 26.7 Å². The molecule has 0 bridgehead atoms. The highest BCUT2D eigenvalue weighted by Gasteiger charge is 2.34. The van der Waals surface area contributed by atoms with E-state index in [1.165, 1.54) is 23.5 Å². The first kappa shape index (κ1) is 36.4. The van der Waals surface area contributed by atoms with E-state index in [0.717, 1.165) is 29.1 Å². The van der Waals surface area contributed by atoms with Crippen LogP contribution in [0.1, 0.15) is 76.1 Å². The summed E-state index contributed by atoms with van der Waals surface area (Å²) in [7, 11) is -2.45. The Hall–Kier alpha value is -3.90. The first-order valence-corrected chi connectivity index (χ1v) is 19.0. The number of rotatable bonds is 15. The van der Waals surface area contributed by atoms with Crippen LogP contribution in [0, 0.1) is 18.8 Å². The second-order valence-electron chi connectivity index (χ2n) is 13.1. The van der Waals surface area contributed by atoms with Gasteiger partial charge in [0, 0.05) is 48.3 Å². The average molecular weight is 704 g/mol. The van der Waals surface area contributed by atoms with Crippen LogP contribution >= 0.6 is 11.3 Å². The van der Waals surface area contributed by atoms with Crippen LogP contribution in [0.5, 0.6) is 5.75 Å². The first-order chi connectivity index (χ1) is 23.5. The molecule has 5 rings (SSSR count). The Labute approximate surface area is 293 Å². The van der Waals surface area contributed by atoms with Crippen molar-refractivity contribution in [3.05, 3.63) is 112 Å². The number of Topliss-reactive ketones (excluding diaryl/α,β-unsaturated/α-hetero) is 1. The van der Waals surface area contributed by atoms with Crippen LogP contribution in [0.3, 0.4) is 0 Å². The summed E-state index contributed by atoms with van der Waals surface area (Å²) in [5, 5.41) is 14.6. The number of sulfonamides is 1. The van der Waals surface area contributed by atoms with Gasteiger partial charge in [0.15, 0.2) is 5.78 Å². The average Bonchev–Trinajstić information content (AvgIpc) is 3.77. The lowest BCUT2D eigenvalue weighted by molar-refractivity contribution is 0.0689. The molecule has 3 atom stereocenters. The maximum absolute atomic E-state index is 13.9. The molecule has 0 radical (unpaired) electrons. The molecule has 0 unspecified atom stereocenters. The van der Waals surface area contributed by atoms with E-state index in [1.54, 1.807) is 47.7 Å². The van der Waals surface area contributed by atoms with Gasteiger partial charge in [0.05, 0.1) is 24.2 Å². The number of hydrogen-bond donors (Lipinski definition) is 1. The summed E-state index contributed by atoms with van der Waals surface area (Å²) in [5.41, 5.74) is 2.67. The maximum atomic E-state index is 13.9. The number of aryl methyl sites for hydroxylation is 1. The predicted octanol–water partition coefficient (Wildman–Crippen LogP) is 6.58. The SMILES string of the molecule is COc1ccc(S(=O)(=O)N(CC(C)C)C[C@@H](O)[C@@H](CC(=O)c2cccc(C(=O)N3CCC[C@H]3c3nc(C)cs3)c2)Cc2ccccc2)cc1. The minimum Gasteiger partial charge on any atom is -0.497 e. The molecule has 1 amide bonds. The zero-order chi connectivity index (χ0) is 35.1. The minimum atomic E-state index is -3.96. The molecule has 0 saturated carbocycles. The standard InChI is InChI=1S/C38H45N3O6S2/c1-26(2)23-40(49(45,46)33-17-15-32(47-4)16-18-33)24-36(43)31(20-28-10-6-5-7-11-28)22-35(42)29-12-8-13-30(21-29)38(44)41-19-9-14-34(41)37-39-27(3)25-48-37/h5-8,10-13,15-18,21,25-26,31,34,36,43H,9,14,19-20,22-24H2,1-4H3/t31-,34+,36-/m1/s1. The Morgan fingerprint density at radius 2 is 1.73 bits per heavy atom. The Bertz CT molecular complexity index is 1830. The first-order valence-electron chi connectivity index (χ1n) is 16.7. The highest BCUT2D eigenvalue weighted by atomic mass is 32.2. The number of amides is 1. The highest BCUT2D eigenvalue weighted by molar-refractivity contribution is 7.89. The molecule has 1 saturated heterocycles. The molecule has 1 N–H and O–H groups in total. The fourth-order valence-corrected chi connectivity index (χ4v) is 8.90. The van der Waals surface area contributed by atoms with E-state index in [9.17, 15) is 23.1 Å².